The molecule has 0 radical (unpaired) electrons. The van der Waals surface area contributed by atoms with Crippen molar-refractivity contribution >= 4 is 44.6 Å². The number of aromatic nitrogens is 1. The van der Waals surface area contributed by atoms with E-state index in [9.17, 15) is 13.2 Å². The minimum Gasteiger partial charge on any atom is -0.326 e. The summed E-state index contributed by atoms with van der Waals surface area (Å²) in [7, 11) is -3.73. The number of hydrogen-bond acceptors (Lipinski definition) is 5. The van der Waals surface area contributed by atoms with Crippen LogP contribution in [-0.2, 0) is 21.2 Å². The number of carbonyl (C=O) groups excluding carboxylic acids is 1. The molecule has 0 spiro atoms. The molecule has 0 aliphatic rings. The summed E-state index contributed by atoms with van der Waals surface area (Å²) in [6.07, 6.45) is 0.164. The second-order valence-corrected chi connectivity index (χ2v) is 10.3. The summed E-state index contributed by atoms with van der Waals surface area (Å²) < 4.78 is 27.0. The van der Waals surface area contributed by atoms with E-state index in [0.29, 0.717) is 18.8 Å². The molecule has 0 saturated heterocycles. The van der Waals surface area contributed by atoms with Crippen LogP contribution in [0.15, 0.2) is 52.7 Å². The van der Waals surface area contributed by atoms with Gasteiger partial charge in [-0.15, -0.1) is 11.3 Å². The number of halogens is 1. The van der Waals surface area contributed by atoms with Gasteiger partial charge in [0.25, 0.3) is 0 Å². The summed E-state index contributed by atoms with van der Waals surface area (Å²) in [6.45, 7) is 6.16. The van der Waals surface area contributed by atoms with E-state index >= 15 is 0 Å². The maximum atomic E-state index is 12.8. The van der Waals surface area contributed by atoms with E-state index in [1.807, 2.05) is 36.6 Å². The van der Waals surface area contributed by atoms with Crippen molar-refractivity contribution in [3.8, 4) is 11.3 Å². The Kier molecular flexibility index (Phi) is 7.48. The molecule has 6 nitrogen and oxygen atoms in total. The molecule has 1 aromatic heterocycles. The Morgan fingerprint density at radius 3 is 2.39 bits per heavy atom. The molecule has 0 unspecified atom stereocenters. The highest BCUT2D eigenvalue weighted by Crippen LogP contribution is 2.28. The number of hydrogen-bond donors (Lipinski definition) is 1. The first-order valence-electron chi connectivity index (χ1n) is 9.85. The zero-order chi connectivity index (χ0) is 22.6. The smallest absolute Gasteiger partial charge is 0.244 e. The van der Waals surface area contributed by atoms with Gasteiger partial charge < -0.3 is 5.32 Å². The third-order valence-electron chi connectivity index (χ3n) is 4.77. The monoisotopic (exact) mass is 477 g/mol. The van der Waals surface area contributed by atoms with Gasteiger partial charge in [0.15, 0.2) is 0 Å². The van der Waals surface area contributed by atoms with Crippen LogP contribution in [0.25, 0.3) is 11.3 Å². The Labute approximate surface area is 191 Å². The zero-order valence-electron chi connectivity index (χ0n) is 17.6. The fourth-order valence-electron chi connectivity index (χ4n) is 3.16. The number of thiazole rings is 1. The largest absolute Gasteiger partial charge is 0.326 e. The first kappa shape index (κ1) is 23.4. The molecule has 1 heterocycles. The molecular weight excluding hydrogens is 454 g/mol. The minimum absolute atomic E-state index is 0.0152. The fraction of sp³-hybridized carbons (Fsp3) is 0.273. The zero-order valence-corrected chi connectivity index (χ0v) is 19.9. The van der Waals surface area contributed by atoms with Gasteiger partial charge in [-0.25, -0.2) is 13.4 Å². The van der Waals surface area contributed by atoms with E-state index in [2.05, 4.69) is 10.3 Å². The summed E-state index contributed by atoms with van der Waals surface area (Å²) in [5.74, 6) is -0.245. The van der Waals surface area contributed by atoms with Crippen LogP contribution in [0.3, 0.4) is 0 Å². The van der Waals surface area contributed by atoms with Crippen molar-refractivity contribution in [3.05, 3.63) is 63.4 Å². The molecule has 0 saturated carbocycles. The van der Waals surface area contributed by atoms with Crippen LogP contribution < -0.4 is 5.32 Å². The lowest BCUT2D eigenvalue weighted by molar-refractivity contribution is -0.115. The van der Waals surface area contributed by atoms with Crippen LogP contribution in [-0.4, -0.2) is 36.7 Å². The molecule has 0 bridgehead atoms. The van der Waals surface area contributed by atoms with Crippen molar-refractivity contribution in [1.82, 2.24) is 9.29 Å². The first-order valence-corrected chi connectivity index (χ1v) is 12.5. The van der Waals surface area contributed by atoms with E-state index in [-0.39, 0.29) is 22.2 Å². The molecule has 0 atom stereocenters. The molecule has 3 rings (SSSR count). The molecule has 1 N–H and O–H groups in total. The van der Waals surface area contributed by atoms with Gasteiger partial charge in [-0.05, 0) is 30.7 Å². The van der Waals surface area contributed by atoms with Gasteiger partial charge in [0, 0.05) is 29.7 Å². The van der Waals surface area contributed by atoms with Gasteiger partial charge >= 0.3 is 0 Å². The number of nitrogens with zero attached hydrogens (tertiary/aromatic N) is 2. The fourth-order valence-corrected chi connectivity index (χ4v) is 5.74. The van der Waals surface area contributed by atoms with Gasteiger partial charge in [0.1, 0.15) is 4.90 Å². The van der Waals surface area contributed by atoms with Crippen LogP contribution in [0.4, 0.5) is 5.69 Å². The number of rotatable bonds is 8. The summed E-state index contributed by atoms with van der Waals surface area (Å²) in [5, 5.41) is 5.89. The lowest BCUT2D eigenvalue weighted by atomic mass is 10.1. The maximum Gasteiger partial charge on any atom is 0.244 e. The van der Waals surface area contributed by atoms with Gasteiger partial charge in [-0.2, -0.15) is 4.31 Å². The second kappa shape index (κ2) is 9.91. The lowest BCUT2D eigenvalue weighted by Gasteiger charge is -2.19. The first-order chi connectivity index (χ1) is 14.7. The highest BCUT2D eigenvalue weighted by Gasteiger charge is 2.25. The Bertz CT molecular complexity index is 1170. The van der Waals surface area contributed by atoms with Crippen molar-refractivity contribution < 1.29 is 13.2 Å². The highest BCUT2D eigenvalue weighted by molar-refractivity contribution is 7.89. The standard InChI is InChI=1S/C22H24ClN3O3S2/c1-4-26(5-2)31(28,29)21-13-18(10-11-19(21)23)25-22(27)12-16-6-8-17(9-7-16)20-14-30-15(3)24-20/h6-11,13-14H,4-5,12H2,1-3H3,(H,25,27). The van der Waals surface area contributed by atoms with Gasteiger partial charge in [0.05, 0.1) is 22.1 Å². The van der Waals surface area contributed by atoms with Crippen molar-refractivity contribution in [3.63, 3.8) is 0 Å². The van der Waals surface area contributed by atoms with E-state index in [1.54, 1.807) is 31.3 Å². The summed E-state index contributed by atoms with van der Waals surface area (Å²) in [6, 6.07) is 12.1. The Morgan fingerprint density at radius 1 is 1.13 bits per heavy atom. The Morgan fingerprint density at radius 2 is 1.81 bits per heavy atom. The van der Waals surface area contributed by atoms with Crippen LogP contribution in [0.2, 0.25) is 5.02 Å². The SMILES string of the molecule is CCN(CC)S(=O)(=O)c1cc(NC(=O)Cc2ccc(-c3csc(C)n3)cc2)ccc1Cl. The van der Waals surface area contributed by atoms with E-state index in [4.69, 9.17) is 11.6 Å². The topological polar surface area (TPSA) is 79.4 Å². The van der Waals surface area contributed by atoms with Crippen molar-refractivity contribution in [2.45, 2.75) is 32.1 Å². The molecule has 31 heavy (non-hydrogen) atoms. The molecule has 1 amide bonds. The number of benzene rings is 2. The van der Waals surface area contributed by atoms with Crippen molar-refractivity contribution in [2.75, 3.05) is 18.4 Å². The van der Waals surface area contributed by atoms with Gasteiger partial charge in [-0.3, -0.25) is 4.79 Å². The molecule has 2 aromatic carbocycles. The predicted molar refractivity (Wildman–Crippen MR) is 126 cm³/mol. The van der Waals surface area contributed by atoms with Gasteiger partial charge in [0.2, 0.25) is 15.9 Å². The average Bonchev–Trinajstić information content (AvgIpc) is 3.17. The molecule has 0 fully saturated rings. The lowest BCUT2D eigenvalue weighted by Crippen LogP contribution is -2.30. The maximum absolute atomic E-state index is 12.8. The van der Waals surface area contributed by atoms with Crippen LogP contribution in [0.5, 0.6) is 0 Å². The van der Waals surface area contributed by atoms with Crippen molar-refractivity contribution in [2.24, 2.45) is 0 Å². The van der Waals surface area contributed by atoms with E-state index < -0.39 is 10.0 Å². The number of carbonyl (C=O) groups is 1. The summed E-state index contributed by atoms with van der Waals surface area (Å²) in [4.78, 5) is 17.0. The third kappa shape index (κ3) is 5.51. The van der Waals surface area contributed by atoms with Gasteiger partial charge in [-0.1, -0.05) is 49.7 Å². The molecule has 0 aliphatic heterocycles. The highest BCUT2D eigenvalue weighted by atomic mass is 35.5. The summed E-state index contributed by atoms with van der Waals surface area (Å²) >= 11 is 7.74. The van der Waals surface area contributed by atoms with E-state index in [0.717, 1.165) is 21.8 Å². The second-order valence-electron chi connectivity index (χ2n) is 6.91. The quantitative estimate of drug-likeness (QED) is 0.496. The number of nitrogens with one attached hydrogen (secondary N) is 1. The molecule has 164 valence electrons. The Balaban J connectivity index is 1.72. The molecule has 3 aromatic rings. The minimum atomic E-state index is -3.73. The van der Waals surface area contributed by atoms with Crippen LogP contribution >= 0.6 is 22.9 Å². The summed E-state index contributed by atoms with van der Waals surface area (Å²) in [5.41, 5.74) is 3.15. The number of amides is 1. The van der Waals surface area contributed by atoms with Crippen molar-refractivity contribution in [1.29, 1.82) is 0 Å². The molecule has 9 heteroatoms. The van der Waals surface area contributed by atoms with E-state index in [1.165, 1.54) is 16.4 Å². The number of sulfonamides is 1. The average molecular weight is 478 g/mol. The molecule has 0 aliphatic carbocycles. The number of aryl methyl sites for hydroxylation is 1. The normalized spacial score (nSPS) is 11.6. The predicted octanol–water partition coefficient (Wildman–Crippen LogP) is 4.98. The van der Waals surface area contributed by atoms with Crippen LogP contribution in [0.1, 0.15) is 24.4 Å². The Hall–Kier alpha value is -2.26. The third-order valence-corrected chi connectivity index (χ3v) is 8.08. The molecular formula is C22H24ClN3O3S2. The van der Waals surface area contributed by atoms with Crippen LogP contribution in [0, 0.1) is 6.92 Å². The number of anilines is 1.